The second-order valence-electron chi connectivity index (χ2n) is 6.30. The Bertz CT molecular complexity index is 370. The Hall–Kier alpha value is -0.990. The number of methoxy groups -OCH3 is 1. The molecule has 1 aliphatic carbocycles. The van der Waals surface area contributed by atoms with Gasteiger partial charge < -0.3 is 9.47 Å². The van der Waals surface area contributed by atoms with Crippen LogP contribution in [0.5, 0.6) is 0 Å². The summed E-state index contributed by atoms with van der Waals surface area (Å²) in [6.07, 6.45) is 7.06. The first-order valence-electron chi connectivity index (χ1n) is 6.89. The van der Waals surface area contributed by atoms with Crippen LogP contribution >= 0.6 is 0 Å². The first-order valence-corrected chi connectivity index (χ1v) is 6.89. The second kappa shape index (κ2) is 4.60. The molecule has 18 heavy (non-hydrogen) atoms. The van der Waals surface area contributed by atoms with Gasteiger partial charge >= 0.3 is 5.97 Å². The quantitative estimate of drug-likeness (QED) is 0.530. The largest absolute Gasteiger partial charge is 0.491 e. The average Bonchev–Trinajstić information content (AvgIpc) is 2.72. The molecule has 0 unspecified atom stereocenters. The van der Waals surface area contributed by atoms with E-state index in [2.05, 4.69) is 25.5 Å². The van der Waals surface area contributed by atoms with Gasteiger partial charge in [-0.15, -0.1) is 0 Å². The topological polar surface area (TPSA) is 35.5 Å². The minimum Gasteiger partial charge on any atom is -0.491 e. The molecule has 0 aromatic carbocycles. The highest BCUT2D eigenvalue weighted by Crippen LogP contribution is 2.56. The number of carbonyl (C=O) groups is 1. The van der Waals surface area contributed by atoms with Crippen LogP contribution in [0.15, 0.2) is 11.8 Å². The van der Waals surface area contributed by atoms with E-state index < -0.39 is 0 Å². The van der Waals surface area contributed by atoms with Crippen LogP contribution < -0.4 is 0 Å². The van der Waals surface area contributed by atoms with E-state index in [4.69, 9.17) is 4.74 Å². The van der Waals surface area contributed by atoms with Crippen molar-refractivity contribution in [3.8, 4) is 0 Å². The fraction of sp³-hybridized carbons (Fsp3) is 0.800. The molecule has 0 radical (unpaired) electrons. The number of allylic oxidation sites excluding steroid dienone is 1. The maximum atomic E-state index is 11.3. The van der Waals surface area contributed by atoms with Crippen molar-refractivity contribution in [3.05, 3.63) is 11.8 Å². The third kappa shape index (κ3) is 2.04. The van der Waals surface area contributed by atoms with E-state index in [1.807, 2.05) is 0 Å². The summed E-state index contributed by atoms with van der Waals surface area (Å²) in [6.45, 7) is 6.87. The van der Waals surface area contributed by atoms with E-state index >= 15 is 0 Å². The molecule has 102 valence electrons. The van der Waals surface area contributed by atoms with Crippen molar-refractivity contribution in [3.63, 3.8) is 0 Å². The summed E-state index contributed by atoms with van der Waals surface area (Å²) in [7, 11) is 1.40. The van der Waals surface area contributed by atoms with Gasteiger partial charge in [0.25, 0.3) is 0 Å². The molecule has 1 aliphatic heterocycles. The third-order valence-corrected chi connectivity index (χ3v) is 4.92. The molecule has 1 saturated heterocycles. The predicted molar refractivity (Wildman–Crippen MR) is 69.9 cm³/mol. The molecule has 0 amide bonds. The van der Waals surface area contributed by atoms with Crippen LogP contribution in [0, 0.1) is 11.3 Å². The lowest BCUT2D eigenvalue weighted by Gasteiger charge is -2.51. The zero-order chi connectivity index (χ0) is 13.4. The lowest BCUT2D eigenvalue weighted by atomic mass is 9.60. The summed E-state index contributed by atoms with van der Waals surface area (Å²) in [5, 5.41) is 0. The van der Waals surface area contributed by atoms with E-state index in [0.717, 1.165) is 18.6 Å². The predicted octanol–water partition coefficient (Wildman–Crippen LogP) is 3.44. The van der Waals surface area contributed by atoms with Crippen LogP contribution in [0.25, 0.3) is 0 Å². The number of carbonyl (C=O) groups excluding carboxylic acids is 1. The first kappa shape index (κ1) is 13.4. The van der Waals surface area contributed by atoms with Crippen LogP contribution in [0.3, 0.4) is 0 Å². The Morgan fingerprint density at radius 3 is 2.78 bits per heavy atom. The minimum absolute atomic E-state index is 0.0922. The van der Waals surface area contributed by atoms with Gasteiger partial charge in [0.2, 0.25) is 0 Å². The maximum Gasteiger partial charge on any atom is 0.333 e. The number of hydrogen-bond acceptors (Lipinski definition) is 3. The molecule has 0 bridgehead atoms. The van der Waals surface area contributed by atoms with E-state index in [0.29, 0.717) is 5.92 Å². The monoisotopic (exact) mass is 252 g/mol. The van der Waals surface area contributed by atoms with Crippen molar-refractivity contribution in [2.24, 2.45) is 11.3 Å². The van der Waals surface area contributed by atoms with Gasteiger partial charge in [-0.2, -0.15) is 0 Å². The normalized spacial score (nSPS) is 36.7. The Labute approximate surface area is 110 Å². The van der Waals surface area contributed by atoms with Gasteiger partial charge in [0.15, 0.2) is 0 Å². The molecule has 0 N–H and O–H groups in total. The molecule has 1 saturated carbocycles. The van der Waals surface area contributed by atoms with Crippen LogP contribution in [0.1, 0.15) is 52.9 Å². The minimum atomic E-state index is -0.316. The van der Waals surface area contributed by atoms with Crippen LogP contribution in [-0.4, -0.2) is 18.7 Å². The lowest BCUT2D eigenvalue weighted by Crippen LogP contribution is -2.51. The van der Waals surface area contributed by atoms with Gasteiger partial charge in [-0.05, 0) is 25.2 Å². The summed E-state index contributed by atoms with van der Waals surface area (Å²) in [5.74, 6) is 1.02. The number of esters is 1. The van der Waals surface area contributed by atoms with Crippen molar-refractivity contribution in [1.29, 1.82) is 0 Å². The van der Waals surface area contributed by atoms with Crippen molar-refractivity contribution in [1.82, 2.24) is 0 Å². The highest BCUT2D eigenvalue weighted by atomic mass is 16.5. The number of hydrogen-bond donors (Lipinski definition) is 0. The summed E-state index contributed by atoms with van der Waals surface area (Å²) >= 11 is 0. The van der Waals surface area contributed by atoms with Gasteiger partial charge in [0.05, 0.1) is 13.2 Å². The molecule has 1 heterocycles. The third-order valence-electron chi connectivity index (χ3n) is 4.92. The molecule has 2 rings (SSSR count). The fourth-order valence-corrected chi connectivity index (χ4v) is 3.72. The van der Waals surface area contributed by atoms with Crippen molar-refractivity contribution < 1.29 is 14.3 Å². The van der Waals surface area contributed by atoms with Gasteiger partial charge in [-0.25, -0.2) is 4.79 Å². The molecule has 3 nitrogen and oxygen atoms in total. The van der Waals surface area contributed by atoms with Gasteiger partial charge in [0, 0.05) is 11.8 Å². The van der Waals surface area contributed by atoms with E-state index in [9.17, 15) is 4.79 Å². The molecular weight excluding hydrogens is 228 g/mol. The fourth-order valence-electron chi connectivity index (χ4n) is 3.72. The summed E-state index contributed by atoms with van der Waals surface area (Å²) in [5.41, 5.74) is 0.0848. The number of ether oxygens (including phenoxy) is 2. The van der Waals surface area contributed by atoms with E-state index in [-0.39, 0.29) is 17.0 Å². The second-order valence-corrected chi connectivity index (χ2v) is 6.30. The van der Waals surface area contributed by atoms with Crippen LogP contribution in [-0.2, 0) is 14.3 Å². The first-order chi connectivity index (χ1) is 8.41. The lowest BCUT2D eigenvalue weighted by molar-refractivity contribution is -0.137. The highest BCUT2D eigenvalue weighted by Gasteiger charge is 2.55. The van der Waals surface area contributed by atoms with Crippen molar-refractivity contribution in [2.75, 3.05) is 7.11 Å². The zero-order valence-corrected chi connectivity index (χ0v) is 11.9. The van der Waals surface area contributed by atoms with Crippen molar-refractivity contribution >= 4 is 5.97 Å². The highest BCUT2D eigenvalue weighted by molar-refractivity contribution is 5.82. The molecule has 0 aromatic rings. The van der Waals surface area contributed by atoms with Crippen LogP contribution in [0.4, 0.5) is 0 Å². The maximum absolute atomic E-state index is 11.3. The van der Waals surface area contributed by atoms with E-state index in [1.54, 1.807) is 0 Å². The molecule has 1 spiro atoms. The van der Waals surface area contributed by atoms with Crippen molar-refractivity contribution in [2.45, 2.75) is 58.5 Å². The van der Waals surface area contributed by atoms with Gasteiger partial charge in [-0.1, -0.05) is 27.2 Å². The van der Waals surface area contributed by atoms with Gasteiger partial charge in [-0.3, -0.25) is 0 Å². The molecule has 0 aromatic heterocycles. The standard InChI is InChI=1S/C15H24O3/c1-11-6-5-8-14(2,3)15(11)9-7-12(18-15)10-13(16)17-4/h10-11H,5-9H2,1-4H3/b12-10-/t11-,15-/m0/s1. The Balaban J connectivity index is 2.23. The molecule has 3 heteroatoms. The van der Waals surface area contributed by atoms with Gasteiger partial charge in [0.1, 0.15) is 11.4 Å². The van der Waals surface area contributed by atoms with E-state index in [1.165, 1.54) is 32.4 Å². The average molecular weight is 252 g/mol. The summed E-state index contributed by atoms with van der Waals surface area (Å²) < 4.78 is 10.9. The Morgan fingerprint density at radius 2 is 2.17 bits per heavy atom. The molecular formula is C15H24O3. The number of rotatable bonds is 1. The van der Waals surface area contributed by atoms with Crippen LogP contribution in [0.2, 0.25) is 0 Å². The molecule has 2 atom stereocenters. The Morgan fingerprint density at radius 1 is 1.44 bits per heavy atom. The smallest absolute Gasteiger partial charge is 0.333 e. The molecule has 2 fully saturated rings. The summed E-state index contributed by atoms with van der Waals surface area (Å²) in [4.78, 5) is 11.3. The molecule has 2 aliphatic rings. The SMILES string of the molecule is COC(=O)/C=C1/CC[C@]2(O1)[C@@H](C)CCCC2(C)C. The Kier molecular flexibility index (Phi) is 3.43. The zero-order valence-electron chi connectivity index (χ0n) is 11.9. The summed E-state index contributed by atoms with van der Waals surface area (Å²) in [6, 6.07) is 0.